The van der Waals surface area contributed by atoms with Crippen LogP contribution in [0.1, 0.15) is 19.4 Å². The standard InChI is InChI=1S/C13H18N2O3/c1-3-15-13(2,12(14)16)9-4-5-10-11(8-9)18-7-6-17-10/h4-5,8,15H,3,6-7H2,1-2H3,(H2,14,16). The van der Waals surface area contributed by atoms with Gasteiger partial charge in [-0.3, -0.25) is 4.79 Å². The van der Waals surface area contributed by atoms with E-state index in [-0.39, 0.29) is 0 Å². The van der Waals surface area contributed by atoms with Crippen LogP contribution >= 0.6 is 0 Å². The average molecular weight is 250 g/mol. The maximum absolute atomic E-state index is 11.7. The van der Waals surface area contributed by atoms with Crippen molar-refractivity contribution < 1.29 is 14.3 Å². The van der Waals surface area contributed by atoms with E-state index in [2.05, 4.69) is 5.32 Å². The molecule has 1 aromatic rings. The van der Waals surface area contributed by atoms with Crippen LogP contribution in [0.4, 0.5) is 0 Å². The first-order valence-corrected chi connectivity index (χ1v) is 6.03. The number of primary amides is 1. The molecule has 2 rings (SSSR count). The molecule has 0 fully saturated rings. The summed E-state index contributed by atoms with van der Waals surface area (Å²) >= 11 is 0. The zero-order valence-electron chi connectivity index (χ0n) is 10.7. The number of nitrogens with one attached hydrogen (secondary N) is 1. The van der Waals surface area contributed by atoms with Gasteiger partial charge in [-0.15, -0.1) is 0 Å². The summed E-state index contributed by atoms with van der Waals surface area (Å²) < 4.78 is 11.0. The first kappa shape index (κ1) is 12.7. The number of hydrogen-bond acceptors (Lipinski definition) is 4. The molecule has 1 unspecified atom stereocenters. The molecule has 1 atom stereocenters. The van der Waals surface area contributed by atoms with Crippen LogP contribution in [-0.2, 0) is 10.3 Å². The Kier molecular flexibility index (Phi) is 3.43. The van der Waals surface area contributed by atoms with Crippen LogP contribution < -0.4 is 20.5 Å². The van der Waals surface area contributed by atoms with Crippen molar-refractivity contribution in [2.24, 2.45) is 5.73 Å². The van der Waals surface area contributed by atoms with Crippen LogP contribution in [0.15, 0.2) is 18.2 Å². The minimum absolute atomic E-state index is 0.416. The predicted molar refractivity (Wildman–Crippen MR) is 67.7 cm³/mol. The quantitative estimate of drug-likeness (QED) is 0.827. The van der Waals surface area contributed by atoms with Gasteiger partial charge in [-0.1, -0.05) is 13.0 Å². The summed E-state index contributed by atoms with van der Waals surface area (Å²) in [5.41, 5.74) is 5.37. The van der Waals surface area contributed by atoms with E-state index in [1.165, 1.54) is 0 Å². The highest BCUT2D eigenvalue weighted by molar-refractivity contribution is 5.86. The lowest BCUT2D eigenvalue weighted by molar-refractivity contribution is -0.124. The van der Waals surface area contributed by atoms with Crippen molar-refractivity contribution in [3.63, 3.8) is 0 Å². The summed E-state index contributed by atoms with van der Waals surface area (Å²) in [4.78, 5) is 11.7. The van der Waals surface area contributed by atoms with Gasteiger partial charge < -0.3 is 20.5 Å². The normalized spacial score (nSPS) is 17.0. The summed E-state index contributed by atoms with van der Waals surface area (Å²) in [5, 5.41) is 3.11. The Morgan fingerprint density at radius 3 is 2.67 bits per heavy atom. The van der Waals surface area contributed by atoms with Gasteiger partial charge in [0.05, 0.1) is 0 Å². The molecule has 0 radical (unpaired) electrons. The maximum Gasteiger partial charge on any atom is 0.242 e. The fraction of sp³-hybridized carbons (Fsp3) is 0.462. The van der Waals surface area contributed by atoms with Gasteiger partial charge >= 0.3 is 0 Å². The molecule has 1 aliphatic heterocycles. The van der Waals surface area contributed by atoms with Gasteiger partial charge in [0.2, 0.25) is 5.91 Å². The molecule has 98 valence electrons. The Balaban J connectivity index is 2.39. The Morgan fingerprint density at radius 1 is 1.39 bits per heavy atom. The highest BCUT2D eigenvalue weighted by Crippen LogP contribution is 2.34. The third-order valence-corrected chi connectivity index (χ3v) is 3.14. The van der Waals surface area contributed by atoms with E-state index in [1.54, 1.807) is 6.92 Å². The van der Waals surface area contributed by atoms with Crippen LogP contribution in [0.3, 0.4) is 0 Å². The van der Waals surface area contributed by atoms with Crippen molar-refractivity contribution in [2.75, 3.05) is 19.8 Å². The van der Waals surface area contributed by atoms with E-state index in [0.717, 1.165) is 5.56 Å². The Hall–Kier alpha value is -1.75. The minimum atomic E-state index is -0.898. The molecular weight excluding hydrogens is 232 g/mol. The van der Waals surface area contributed by atoms with Crippen molar-refractivity contribution in [1.29, 1.82) is 0 Å². The molecule has 5 heteroatoms. The number of carbonyl (C=O) groups excluding carboxylic acids is 1. The zero-order valence-corrected chi connectivity index (χ0v) is 10.7. The van der Waals surface area contributed by atoms with E-state index in [1.807, 2.05) is 25.1 Å². The lowest BCUT2D eigenvalue weighted by Gasteiger charge is -2.29. The second-order valence-electron chi connectivity index (χ2n) is 4.38. The lowest BCUT2D eigenvalue weighted by atomic mass is 9.90. The van der Waals surface area contributed by atoms with Gasteiger partial charge in [-0.2, -0.15) is 0 Å². The Labute approximate surface area is 106 Å². The summed E-state index contributed by atoms with van der Waals surface area (Å²) in [5.74, 6) is 0.943. The lowest BCUT2D eigenvalue weighted by Crippen LogP contribution is -2.50. The van der Waals surface area contributed by atoms with Crippen molar-refractivity contribution >= 4 is 5.91 Å². The molecule has 1 heterocycles. The SMILES string of the molecule is CCNC(C)(C(N)=O)c1ccc2c(c1)OCCO2. The molecular formula is C13H18N2O3. The molecule has 0 saturated heterocycles. The molecule has 0 bridgehead atoms. The second kappa shape index (κ2) is 4.86. The van der Waals surface area contributed by atoms with Gasteiger partial charge in [-0.25, -0.2) is 0 Å². The molecule has 3 N–H and O–H groups in total. The molecule has 1 amide bonds. The van der Waals surface area contributed by atoms with Crippen LogP contribution in [-0.4, -0.2) is 25.7 Å². The highest BCUT2D eigenvalue weighted by Gasteiger charge is 2.33. The first-order valence-electron chi connectivity index (χ1n) is 6.03. The molecule has 0 saturated carbocycles. The molecule has 18 heavy (non-hydrogen) atoms. The van der Waals surface area contributed by atoms with Crippen molar-refractivity contribution in [2.45, 2.75) is 19.4 Å². The number of fused-ring (bicyclic) bond motifs is 1. The first-order chi connectivity index (χ1) is 8.58. The topological polar surface area (TPSA) is 73.6 Å². The molecule has 0 aliphatic carbocycles. The number of hydrogen-bond donors (Lipinski definition) is 2. The number of benzene rings is 1. The van der Waals surface area contributed by atoms with Crippen LogP contribution in [0, 0.1) is 0 Å². The highest BCUT2D eigenvalue weighted by atomic mass is 16.6. The number of rotatable bonds is 4. The number of amides is 1. The summed E-state index contributed by atoms with van der Waals surface area (Å²) in [6.45, 7) is 5.41. The molecule has 1 aromatic carbocycles. The maximum atomic E-state index is 11.7. The molecule has 0 spiro atoms. The van der Waals surface area contributed by atoms with Crippen molar-refractivity contribution in [3.8, 4) is 11.5 Å². The Bertz CT molecular complexity index is 462. The molecule has 1 aliphatic rings. The van der Waals surface area contributed by atoms with Gasteiger partial charge in [0.25, 0.3) is 0 Å². The third-order valence-electron chi connectivity index (χ3n) is 3.14. The van der Waals surface area contributed by atoms with E-state index in [9.17, 15) is 4.79 Å². The van der Waals surface area contributed by atoms with Gasteiger partial charge in [-0.05, 0) is 31.2 Å². The van der Waals surface area contributed by atoms with E-state index in [0.29, 0.717) is 31.3 Å². The smallest absolute Gasteiger partial charge is 0.242 e. The molecule has 0 aromatic heterocycles. The van der Waals surface area contributed by atoms with Gasteiger partial charge in [0.1, 0.15) is 18.8 Å². The number of likely N-dealkylation sites (N-methyl/N-ethyl adjacent to an activating group) is 1. The Morgan fingerprint density at radius 2 is 2.06 bits per heavy atom. The van der Waals surface area contributed by atoms with Crippen molar-refractivity contribution in [1.82, 2.24) is 5.32 Å². The number of ether oxygens (including phenoxy) is 2. The predicted octanol–water partition coefficient (Wildman–Crippen LogP) is 0.768. The zero-order chi connectivity index (χ0) is 13.2. The largest absolute Gasteiger partial charge is 0.486 e. The van der Waals surface area contributed by atoms with E-state index >= 15 is 0 Å². The van der Waals surface area contributed by atoms with E-state index in [4.69, 9.17) is 15.2 Å². The average Bonchev–Trinajstić information content (AvgIpc) is 2.38. The van der Waals surface area contributed by atoms with Crippen molar-refractivity contribution in [3.05, 3.63) is 23.8 Å². The van der Waals surface area contributed by atoms with E-state index < -0.39 is 11.4 Å². The number of nitrogens with two attached hydrogens (primary N) is 1. The van der Waals surface area contributed by atoms with Crippen LogP contribution in [0.25, 0.3) is 0 Å². The number of carbonyl (C=O) groups is 1. The van der Waals surface area contributed by atoms with Crippen LogP contribution in [0.5, 0.6) is 11.5 Å². The molecule has 5 nitrogen and oxygen atoms in total. The fourth-order valence-electron chi connectivity index (χ4n) is 2.04. The third kappa shape index (κ3) is 2.13. The summed E-state index contributed by atoms with van der Waals surface area (Å²) in [7, 11) is 0. The van der Waals surface area contributed by atoms with Crippen LogP contribution in [0.2, 0.25) is 0 Å². The summed E-state index contributed by atoms with van der Waals surface area (Å²) in [6, 6.07) is 5.45. The van der Waals surface area contributed by atoms with Gasteiger partial charge in [0.15, 0.2) is 11.5 Å². The fourth-order valence-corrected chi connectivity index (χ4v) is 2.04. The minimum Gasteiger partial charge on any atom is -0.486 e. The monoisotopic (exact) mass is 250 g/mol. The summed E-state index contributed by atoms with van der Waals surface area (Å²) in [6.07, 6.45) is 0. The van der Waals surface area contributed by atoms with Gasteiger partial charge in [0, 0.05) is 0 Å². The second-order valence-corrected chi connectivity index (χ2v) is 4.38.